The van der Waals surface area contributed by atoms with Gasteiger partial charge in [0, 0.05) is 0 Å². The third-order valence-corrected chi connectivity index (χ3v) is 0.676. The van der Waals surface area contributed by atoms with Crippen LogP contribution < -0.4 is 0 Å². The zero-order valence-electron chi connectivity index (χ0n) is 3.44. The third kappa shape index (κ3) is 4.41. The maximum Gasteiger partial charge on any atom is 0.122 e. The van der Waals surface area contributed by atoms with Gasteiger partial charge in [-0.25, -0.2) is 0 Å². The van der Waals surface area contributed by atoms with Gasteiger partial charge in [0.1, 0.15) is 7.28 Å². The summed E-state index contributed by atoms with van der Waals surface area (Å²) in [5.74, 6) is 0. The summed E-state index contributed by atoms with van der Waals surface area (Å²) in [7, 11) is 2.11. The Morgan fingerprint density at radius 3 is 2.40 bits per heavy atom. The van der Waals surface area contributed by atoms with Gasteiger partial charge >= 0.3 is 0 Å². The minimum absolute atomic E-state index is 0.913. The van der Waals surface area contributed by atoms with Gasteiger partial charge < -0.3 is 0 Å². The lowest BCUT2D eigenvalue weighted by Gasteiger charge is -1.75. The summed E-state index contributed by atoms with van der Waals surface area (Å²) >= 11 is 3.95. The van der Waals surface area contributed by atoms with Crippen molar-refractivity contribution >= 4 is 19.9 Å². The van der Waals surface area contributed by atoms with Crippen LogP contribution in [0.3, 0.4) is 0 Å². The molecular weight excluding hydrogens is 78.9 g/mol. The second kappa shape index (κ2) is 4.41. The molecule has 0 saturated carbocycles. The van der Waals surface area contributed by atoms with Crippen molar-refractivity contribution in [3.8, 4) is 0 Å². The second-order valence-corrected chi connectivity index (χ2v) is 1.24. The Balaban J connectivity index is 2.19. The lowest BCUT2D eigenvalue weighted by atomic mass is 9.79. The first kappa shape index (κ1) is 5.41. The maximum absolute atomic E-state index is 3.95. The van der Waals surface area contributed by atoms with E-state index < -0.39 is 0 Å². The Labute approximate surface area is 39.6 Å². The molecule has 0 unspecified atom stereocenters. The zero-order chi connectivity index (χ0) is 4.12. The zero-order valence-corrected chi connectivity index (χ0v) is 4.33. The third-order valence-electron chi connectivity index (χ3n) is 0.418. The SMILES string of the molecule is CC[B]CS. The summed E-state index contributed by atoms with van der Waals surface area (Å²) in [6.07, 6.45) is 1.14. The highest BCUT2D eigenvalue weighted by atomic mass is 32.1. The highest BCUT2D eigenvalue weighted by Crippen LogP contribution is 1.73. The van der Waals surface area contributed by atoms with Crippen LogP contribution in [0.15, 0.2) is 0 Å². The highest BCUT2D eigenvalue weighted by molar-refractivity contribution is 7.81. The first-order valence-electron chi connectivity index (χ1n) is 1.84. The van der Waals surface area contributed by atoms with E-state index in [1.54, 1.807) is 0 Å². The van der Waals surface area contributed by atoms with Crippen molar-refractivity contribution in [1.29, 1.82) is 0 Å². The Bertz CT molecular complexity index is 14.4. The number of thiol groups is 1. The second-order valence-electron chi connectivity index (χ2n) is 0.879. The quantitative estimate of drug-likeness (QED) is 0.377. The van der Waals surface area contributed by atoms with Crippen LogP contribution in [0.4, 0.5) is 0 Å². The van der Waals surface area contributed by atoms with Crippen LogP contribution in [0.2, 0.25) is 6.32 Å². The fourth-order valence-electron chi connectivity index (χ4n) is 0.129. The van der Waals surface area contributed by atoms with Gasteiger partial charge in [-0.05, 0) is 5.65 Å². The van der Waals surface area contributed by atoms with E-state index in [-0.39, 0.29) is 0 Å². The number of rotatable bonds is 2. The largest absolute Gasteiger partial charge is 0.188 e. The van der Waals surface area contributed by atoms with Crippen LogP contribution in [0.5, 0.6) is 0 Å². The molecule has 0 aromatic carbocycles. The molecule has 0 bridgehead atoms. The van der Waals surface area contributed by atoms with Gasteiger partial charge in [-0.2, -0.15) is 12.6 Å². The molecule has 0 saturated heterocycles. The molecule has 0 rings (SSSR count). The lowest BCUT2D eigenvalue weighted by molar-refractivity contribution is 1.45. The van der Waals surface area contributed by atoms with Crippen molar-refractivity contribution in [2.75, 3.05) is 5.65 Å². The Hall–Kier alpha value is 0.415. The van der Waals surface area contributed by atoms with E-state index in [9.17, 15) is 0 Å². The molecule has 0 aliphatic carbocycles. The molecule has 0 heterocycles. The molecule has 0 aliphatic heterocycles. The van der Waals surface area contributed by atoms with Crippen molar-refractivity contribution in [1.82, 2.24) is 0 Å². The van der Waals surface area contributed by atoms with Crippen molar-refractivity contribution in [3.63, 3.8) is 0 Å². The van der Waals surface area contributed by atoms with Crippen molar-refractivity contribution in [2.45, 2.75) is 13.2 Å². The van der Waals surface area contributed by atoms with Gasteiger partial charge in [0.15, 0.2) is 0 Å². The fraction of sp³-hybridized carbons (Fsp3) is 1.00. The van der Waals surface area contributed by atoms with Crippen molar-refractivity contribution in [3.05, 3.63) is 0 Å². The topological polar surface area (TPSA) is 0 Å². The normalized spacial score (nSPS) is 7.60. The van der Waals surface area contributed by atoms with Crippen LogP contribution in [0, 0.1) is 0 Å². The molecule has 0 fully saturated rings. The average molecular weight is 87.0 g/mol. The van der Waals surface area contributed by atoms with E-state index in [1.165, 1.54) is 0 Å². The molecule has 0 atom stereocenters. The molecule has 0 aromatic heterocycles. The van der Waals surface area contributed by atoms with Crippen LogP contribution in [-0.2, 0) is 0 Å². The average Bonchev–Trinajstić information content (AvgIpc) is 1.41. The minimum atomic E-state index is 0.913. The molecule has 0 nitrogen and oxygen atoms in total. The van der Waals surface area contributed by atoms with E-state index in [1.807, 2.05) is 0 Å². The Kier molecular flexibility index (Phi) is 4.78. The molecule has 0 N–H and O–H groups in total. The van der Waals surface area contributed by atoms with Crippen LogP contribution >= 0.6 is 12.6 Å². The fourth-order valence-corrected chi connectivity index (χ4v) is 0.387. The molecule has 2 heteroatoms. The molecular formula is C3H8BS. The van der Waals surface area contributed by atoms with E-state index >= 15 is 0 Å². The van der Waals surface area contributed by atoms with Gasteiger partial charge in [0.05, 0.1) is 0 Å². The van der Waals surface area contributed by atoms with Crippen LogP contribution in [0.25, 0.3) is 0 Å². The Morgan fingerprint density at radius 1 is 1.80 bits per heavy atom. The van der Waals surface area contributed by atoms with Crippen molar-refractivity contribution < 1.29 is 0 Å². The van der Waals surface area contributed by atoms with Gasteiger partial charge in [-0.15, -0.1) is 0 Å². The number of hydrogen-bond donors (Lipinski definition) is 1. The smallest absolute Gasteiger partial charge is 0.122 e. The van der Waals surface area contributed by atoms with Crippen LogP contribution in [0.1, 0.15) is 6.92 Å². The number of hydrogen-bond acceptors (Lipinski definition) is 1. The molecule has 29 valence electrons. The molecule has 1 radical (unpaired) electrons. The summed E-state index contributed by atoms with van der Waals surface area (Å²) in [5.41, 5.74) is 0.913. The first-order valence-corrected chi connectivity index (χ1v) is 2.47. The van der Waals surface area contributed by atoms with E-state index in [0.29, 0.717) is 0 Å². The molecule has 0 aromatic rings. The lowest BCUT2D eigenvalue weighted by Crippen LogP contribution is -1.84. The van der Waals surface area contributed by atoms with Gasteiger partial charge in [0.25, 0.3) is 0 Å². The minimum Gasteiger partial charge on any atom is -0.188 e. The van der Waals surface area contributed by atoms with E-state index in [2.05, 4.69) is 26.8 Å². The molecule has 0 amide bonds. The standard InChI is InChI=1S/C3H8BS/c1-2-4-3-5/h5H,2-3H2,1H3. The predicted octanol–water partition coefficient (Wildman–Crippen LogP) is 1.02. The van der Waals surface area contributed by atoms with Gasteiger partial charge in [-0.3, -0.25) is 0 Å². The monoisotopic (exact) mass is 87.0 g/mol. The molecule has 5 heavy (non-hydrogen) atoms. The summed E-state index contributed by atoms with van der Waals surface area (Å²) in [6, 6.07) is 0. The van der Waals surface area contributed by atoms with Gasteiger partial charge in [-0.1, -0.05) is 13.2 Å². The highest BCUT2D eigenvalue weighted by Gasteiger charge is 1.73. The predicted molar refractivity (Wildman–Crippen MR) is 30.1 cm³/mol. The summed E-state index contributed by atoms with van der Waals surface area (Å²) in [6.45, 7) is 2.11. The Morgan fingerprint density at radius 2 is 2.40 bits per heavy atom. The van der Waals surface area contributed by atoms with E-state index in [0.717, 1.165) is 12.0 Å². The maximum atomic E-state index is 3.95. The summed E-state index contributed by atoms with van der Waals surface area (Å²) in [4.78, 5) is 0. The van der Waals surface area contributed by atoms with Crippen LogP contribution in [-0.4, -0.2) is 12.9 Å². The molecule has 0 spiro atoms. The molecule has 0 aliphatic rings. The summed E-state index contributed by atoms with van der Waals surface area (Å²) in [5, 5.41) is 0. The first-order chi connectivity index (χ1) is 2.41. The van der Waals surface area contributed by atoms with Crippen molar-refractivity contribution in [2.24, 2.45) is 0 Å². The van der Waals surface area contributed by atoms with E-state index in [4.69, 9.17) is 0 Å². The van der Waals surface area contributed by atoms with Gasteiger partial charge in [0.2, 0.25) is 0 Å². The summed E-state index contributed by atoms with van der Waals surface area (Å²) < 4.78 is 0.